The number of fused-ring (bicyclic) bond motifs is 8. The Morgan fingerprint density at radius 3 is 1.94 bits per heavy atom. The standard InChI is InChI=1S/C44H27N3O/c1-3-11-29(12-4-1)42-36-27-31(21-25-37(36)45-44(46-42)30-13-5-2-6-14-30)28-19-22-32(23-20-28)47-38-17-9-7-16-35(38)41-39(47)26-24-34-33-15-8-10-18-40(33)48-43(34)41/h1-27H. The molecule has 10 rings (SSSR count). The Morgan fingerprint density at radius 1 is 0.438 bits per heavy atom. The minimum atomic E-state index is 0.727. The van der Waals surface area contributed by atoms with Crippen LogP contribution < -0.4 is 0 Å². The number of nitrogens with zero attached hydrogens (tertiary/aromatic N) is 3. The van der Waals surface area contributed by atoms with Crippen LogP contribution in [0.15, 0.2) is 168 Å². The molecule has 4 heteroatoms. The van der Waals surface area contributed by atoms with Crippen molar-refractivity contribution in [3.8, 4) is 39.5 Å². The highest BCUT2D eigenvalue weighted by Crippen LogP contribution is 2.41. The van der Waals surface area contributed by atoms with E-state index in [1.165, 1.54) is 5.39 Å². The van der Waals surface area contributed by atoms with Crippen LogP contribution in [-0.4, -0.2) is 14.5 Å². The molecule has 0 aliphatic rings. The highest BCUT2D eigenvalue weighted by molar-refractivity contribution is 6.23. The summed E-state index contributed by atoms with van der Waals surface area (Å²) in [6.07, 6.45) is 0. The van der Waals surface area contributed by atoms with E-state index in [-0.39, 0.29) is 0 Å². The topological polar surface area (TPSA) is 43.9 Å². The Kier molecular flexibility index (Phi) is 5.84. The first kappa shape index (κ1) is 26.7. The van der Waals surface area contributed by atoms with E-state index in [1.807, 2.05) is 36.4 Å². The molecule has 224 valence electrons. The smallest absolute Gasteiger partial charge is 0.160 e. The Balaban J connectivity index is 1.11. The van der Waals surface area contributed by atoms with Crippen LogP contribution in [0.25, 0.3) is 94.1 Å². The molecule has 0 aliphatic carbocycles. The molecular weight excluding hydrogens is 587 g/mol. The van der Waals surface area contributed by atoms with Gasteiger partial charge in [-0.2, -0.15) is 0 Å². The van der Waals surface area contributed by atoms with E-state index in [2.05, 4.69) is 132 Å². The van der Waals surface area contributed by atoms with Crippen molar-refractivity contribution < 1.29 is 4.42 Å². The number of hydrogen-bond donors (Lipinski definition) is 0. The molecule has 0 unspecified atom stereocenters. The lowest BCUT2D eigenvalue weighted by atomic mass is 9.99. The Morgan fingerprint density at radius 2 is 1.12 bits per heavy atom. The predicted molar refractivity (Wildman–Crippen MR) is 197 cm³/mol. The SMILES string of the molecule is c1ccc(-c2nc(-c3ccccc3)c3cc(-c4ccc(-n5c6ccccc6c6c7oc8ccccc8c7ccc65)cc4)ccc3n2)cc1. The summed E-state index contributed by atoms with van der Waals surface area (Å²) in [4.78, 5) is 10.1. The van der Waals surface area contributed by atoms with Gasteiger partial charge >= 0.3 is 0 Å². The van der Waals surface area contributed by atoms with Crippen molar-refractivity contribution in [3.05, 3.63) is 164 Å². The largest absolute Gasteiger partial charge is 0.455 e. The van der Waals surface area contributed by atoms with Gasteiger partial charge in [-0.25, -0.2) is 9.97 Å². The Bertz CT molecular complexity index is 2810. The van der Waals surface area contributed by atoms with Crippen molar-refractivity contribution >= 4 is 54.6 Å². The van der Waals surface area contributed by atoms with Gasteiger partial charge < -0.3 is 8.98 Å². The molecule has 3 aromatic heterocycles. The second kappa shape index (κ2) is 10.5. The molecule has 3 heterocycles. The van der Waals surface area contributed by atoms with Gasteiger partial charge in [0, 0.05) is 38.4 Å². The summed E-state index contributed by atoms with van der Waals surface area (Å²) in [5.41, 5.74) is 11.4. The normalized spacial score (nSPS) is 11.8. The fourth-order valence-electron chi connectivity index (χ4n) is 7.16. The van der Waals surface area contributed by atoms with E-state index in [1.54, 1.807) is 0 Å². The van der Waals surface area contributed by atoms with Crippen LogP contribution >= 0.6 is 0 Å². The van der Waals surface area contributed by atoms with Crippen molar-refractivity contribution in [2.75, 3.05) is 0 Å². The van der Waals surface area contributed by atoms with Crippen LogP contribution in [0.3, 0.4) is 0 Å². The zero-order chi connectivity index (χ0) is 31.6. The average molecular weight is 614 g/mol. The second-order valence-electron chi connectivity index (χ2n) is 12.2. The van der Waals surface area contributed by atoms with Gasteiger partial charge in [-0.3, -0.25) is 0 Å². The fraction of sp³-hybridized carbons (Fsp3) is 0. The zero-order valence-corrected chi connectivity index (χ0v) is 25.8. The van der Waals surface area contributed by atoms with Gasteiger partial charge in [0.1, 0.15) is 11.2 Å². The summed E-state index contributed by atoms with van der Waals surface area (Å²) in [5, 5.41) is 5.63. The third kappa shape index (κ3) is 4.10. The summed E-state index contributed by atoms with van der Waals surface area (Å²) >= 11 is 0. The number of furan rings is 1. The van der Waals surface area contributed by atoms with Gasteiger partial charge in [0.2, 0.25) is 0 Å². The van der Waals surface area contributed by atoms with Crippen LogP contribution in [-0.2, 0) is 0 Å². The van der Waals surface area contributed by atoms with Gasteiger partial charge in [-0.05, 0) is 59.7 Å². The van der Waals surface area contributed by atoms with Crippen LogP contribution in [0, 0.1) is 0 Å². The van der Waals surface area contributed by atoms with E-state index >= 15 is 0 Å². The molecule has 0 saturated heterocycles. The summed E-state index contributed by atoms with van der Waals surface area (Å²) in [5.74, 6) is 0.727. The number of rotatable bonds is 4. The fourth-order valence-corrected chi connectivity index (χ4v) is 7.16. The first-order chi connectivity index (χ1) is 23.8. The molecule has 0 spiro atoms. The second-order valence-corrected chi connectivity index (χ2v) is 12.2. The van der Waals surface area contributed by atoms with E-state index < -0.39 is 0 Å². The quantitative estimate of drug-likeness (QED) is 0.198. The number of hydrogen-bond acceptors (Lipinski definition) is 3. The van der Waals surface area contributed by atoms with Crippen molar-refractivity contribution in [2.45, 2.75) is 0 Å². The molecule has 0 N–H and O–H groups in total. The minimum absolute atomic E-state index is 0.727. The Hall–Kier alpha value is -6.52. The molecule has 0 amide bonds. The molecule has 48 heavy (non-hydrogen) atoms. The van der Waals surface area contributed by atoms with Crippen LogP contribution in [0.2, 0.25) is 0 Å². The average Bonchev–Trinajstić information content (AvgIpc) is 3.71. The summed E-state index contributed by atoms with van der Waals surface area (Å²) < 4.78 is 8.83. The molecule has 7 aromatic carbocycles. The van der Waals surface area contributed by atoms with Crippen LogP contribution in [0.4, 0.5) is 0 Å². The zero-order valence-electron chi connectivity index (χ0n) is 25.8. The van der Waals surface area contributed by atoms with Gasteiger partial charge in [0.25, 0.3) is 0 Å². The first-order valence-corrected chi connectivity index (χ1v) is 16.2. The van der Waals surface area contributed by atoms with Crippen molar-refractivity contribution in [1.82, 2.24) is 14.5 Å². The third-order valence-corrected chi connectivity index (χ3v) is 9.41. The summed E-state index contributed by atoms with van der Waals surface area (Å²) in [6, 6.07) is 57.2. The Labute approximate surface area is 276 Å². The van der Waals surface area contributed by atoms with Gasteiger partial charge in [-0.15, -0.1) is 0 Å². The van der Waals surface area contributed by atoms with E-state index in [0.717, 1.165) is 88.7 Å². The van der Waals surface area contributed by atoms with Crippen LogP contribution in [0.5, 0.6) is 0 Å². The van der Waals surface area contributed by atoms with E-state index in [4.69, 9.17) is 14.4 Å². The number of aromatic nitrogens is 3. The van der Waals surface area contributed by atoms with Gasteiger partial charge in [0.15, 0.2) is 5.82 Å². The molecule has 4 nitrogen and oxygen atoms in total. The van der Waals surface area contributed by atoms with Gasteiger partial charge in [0.05, 0.1) is 27.6 Å². The lowest BCUT2D eigenvalue weighted by Crippen LogP contribution is -1.96. The minimum Gasteiger partial charge on any atom is -0.455 e. The molecule has 10 aromatic rings. The van der Waals surface area contributed by atoms with Crippen molar-refractivity contribution in [1.29, 1.82) is 0 Å². The van der Waals surface area contributed by atoms with E-state index in [9.17, 15) is 0 Å². The molecule has 0 radical (unpaired) electrons. The molecule has 0 aliphatic heterocycles. The van der Waals surface area contributed by atoms with Gasteiger partial charge in [-0.1, -0.05) is 115 Å². The highest BCUT2D eigenvalue weighted by atomic mass is 16.3. The molecular formula is C44H27N3O. The number of para-hydroxylation sites is 2. The molecule has 0 atom stereocenters. The third-order valence-electron chi connectivity index (χ3n) is 9.41. The lowest BCUT2D eigenvalue weighted by Gasteiger charge is -2.12. The lowest BCUT2D eigenvalue weighted by molar-refractivity contribution is 0.673. The van der Waals surface area contributed by atoms with Crippen LogP contribution in [0.1, 0.15) is 0 Å². The predicted octanol–water partition coefficient (Wildman–Crippen LogP) is 11.6. The number of benzene rings is 7. The summed E-state index contributed by atoms with van der Waals surface area (Å²) in [7, 11) is 0. The maximum absolute atomic E-state index is 6.49. The first-order valence-electron chi connectivity index (χ1n) is 16.2. The van der Waals surface area contributed by atoms with Crippen molar-refractivity contribution in [3.63, 3.8) is 0 Å². The monoisotopic (exact) mass is 613 g/mol. The maximum atomic E-state index is 6.49. The van der Waals surface area contributed by atoms with Crippen molar-refractivity contribution in [2.24, 2.45) is 0 Å². The van der Waals surface area contributed by atoms with E-state index in [0.29, 0.717) is 0 Å². The molecule has 0 bridgehead atoms. The molecule has 0 fully saturated rings. The summed E-state index contributed by atoms with van der Waals surface area (Å²) in [6.45, 7) is 0. The molecule has 0 saturated carbocycles. The highest BCUT2D eigenvalue weighted by Gasteiger charge is 2.19. The maximum Gasteiger partial charge on any atom is 0.160 e.